The molecular formula is C14H17N3O2S2. The molecule has 0 bridgehead atoms. The number of nitrogens with two attached hydrogens (primary N) is 1. The Bertz CT molecular complexity index is 629. The molecule has 0 saturated carbocycles. The minimum Gasteiger partial charge on any atom is -0.465 e. The van der Waals surface area contributed by atoms with Crippen LogP contribution in [0.2, 0.25) is 0 Å². The zero-order valence-corrected chi connectivity index (χ0v) is 13.8. The highest BCUT2D eigenvalue weighted by Crippen LogP contribution is 2.44. The molecule has 2 rings (SSSR count). The second-order valence-corrected chi connectivity index (χ2v) is 6.20. The third-order valence-electron chi connectivity index (χ3n) is 2.97. The summed E-state index contributed by atoms with van der Waals surface area (Å²) < 4.78 is 4.78. The van der Waals surface area contributed by atoms with Crippen LogP contribution in [0.3, 0.4) is 0 Å². The summed E-state index contributed by atoms with van der Waals surface area (Å²) >= 11 is 2.89. The maximum absolute atomic E-state index is 11.8. The molecule has 0 aromatic carbocycles. The van der Waals surface area contributed by atoms with E-state index in [1.54, 1.807) is 12.4 Å². The number of thiophene rings is 1. The molecule has 7 heteroatoms. The Hall–Kier alpha value is -1.73. The zero-order valence-electron chi connectivity index (χ0n) is 12.1. The van der Waals surface area contributed by atoms with Crippen LogP contribution in [-0.2, 0) is 11.3 Å². The Balaban J connectivity index is 2.32. The third kappa shape index (κ3) is 3.30. The molecule has 0 unspecified atom stereocenters. The summed E-state index contributed by atoms with van der Waals surface area (Å²) in [6.07, 6.45) is 5.48. The first-order valence-electron chi connectivity index (χ1n) is 6.23. The van der Waals surface area contributed by atoms with Gasteiger partial charge in [0, 0.05) is 26.0 Å². The van der Waals surface area contributed by atoms with Gasteiger partial charge in [0.25, 0.3) is 0 Å². The van der Waals surface area contributed by atoms with Crippen molar-refractivity contribution in [1.29, 1.82) is 0 Å². The highest BCUT2D eigenvalue weighted by Gasteiger charge is 2.23. The molecule has 0 amide bonds. The molecule has 21 heavy (non-hydrogen) atoms. The van der Waals surface area contributed by atoms with Crippen LogP contribution in [0.1, 0.15) is 15.2 Å². The van der Waals surface area contributed by atoms with Crippen LogP contribution in [-0.4, -0.2) is 31.4 Å². The van der Waals surface area contributed by atoms with E-state index in [-0.39, 0.29) is 0 Å². The number of thioether (sulfide) groups is 1. The topological polar surface area (TPSA) is 68.5 Å². The van der Waals surface area contributed by atoms with Crippen molar-refractivity contribution in [3.05, 3.63) is 35.0 Å². The fourth-order valence-corrected chi connectivity index (χ4v) is 4.03. The predicted molar refractivity (Wildman–Crippen MR) is 88.2 cm³/mol. The number of hydrogen-bond acceptors (Lipinski definition) is 7. The SMILES string of the molecule is COC(=O)c1sc(N(C)Cc2ccncc2)c(SC)c1N. The molecule has 112 valence electrons. The van der Waals surface area contributed by atoms with Crippen LogP contribution < -0.4 is 10.6 Å². The van der Waals surface area contributed by atoms with E-state index < -0.39 is 5.97 Å². The molecule has 0 fully saturated rings. The number of aromatic nitrogens is 1. The maximum atomic E-state index is 11.8. The minimum atomic E-state index is -0.392. The Morgan fingerprint density at radius 2 is 2.14 bits per heavy atom. The molecule has 0 aliphatic rings. The number of hydrogen-bond donors (Lipinski definition) is 1. The van der Waals surface area contributed by atoms with Gasteiger partial charge in [0.05, 0.1) is 17.7 Å². The van der Waals surface area contributed by atoms with Crippen molar-refractivity contribution >= 4 is 39.8 Å². The van der Waals surface area contributed by atoms with Gasteiger partial charge >= 0.3 is 5.97 Å². The van der Waals surface area contributed by atoms with Gasteiger partial charge in [-0.05, 0) is 24.0 Å². The van der Waals surface area contributed by atoms with E-state index >= 15 is 0 Å². The second-order valence-electron chi connectivity index (χ2n) is 4.39. The highest BCUT2D eigenvalue weighted by molar-refractivity contribution is 7.99. The van der Waals surface area contributed by atoms with E-state index in [0.29, 0.717) is 10.6 Å². The predicted octanol–water partition coefficient (Wildman–Crippen LogP) is 2.87. The number of rotatable bonds is 5. The first-order valence-corrected chi connectivity index (χ1v) is 8.27. The monoisotopic (exact) mass is 323 g/mol. The molecule has 0 atom stereocenters. The van der Waals surface area contributed by atoms with E-state index in [0.717, 1.165) is 22.0 Å². The van der Waals surface area contributed by atoms with E-state index in [2.05, 4.69) is 9.88 Å². The Morgan fingerprint density at radius 1 is 1.48 bits per heavy atom. The quantitative estimate of drug-likeness (QED) is 0.674. The van der Waals surface area contributed by atoms with Crippen molar-refractivity contribution in [2.45, 2.75) is 11.4 Å². The van der Waals surface area contributed by atoms with Gasteiger partial charge in [-0.3, -0.25) is 4.98 Å². The van der Waals surface area contributed by atoms with E-state index in [9.17, 15) is 4.79 Å². The second kappa shape index (κ2) is 6.82. The van der Waals surface area contributed by atoms with Gasteiger partial charge in [-0.15, -0.1) is 23.1 Å². The number of ether oxygens (including phenoxy) is 1. The van der Waals surface area contributed by atoms with Crippen LogP contribution in [0.25, 0.3) is 0 Å². The van der Waals surface area contributed by atoms with E-state index in [1.165, 1.54) is 30.2 Å². The van der Waals surface area contributed by atoms with Crippen molar-refractivity contribution < 1.29 is 9.53 Å². The van der Waals surface area contributed by atoms with Gasteiger partial charge in [-0.25, -0.2) is 4.79 Å². The molecule has 0 aliphatic carbocycles. The van der Waals surface area contributed by atoms with Crippen LogP contribution in [0.4, 0.5) is 10.7 Å². The molecule has 0 spiro atoms. The fourth-order valence-electron chi connectivity index (χ4n) is 1.94. The number of anilines is 2. The Morgan fingerprint density at radius 3 is 2.71 bits per heavy atom. The van der Waals surface area contributed by atoms with Gasteiger partial charge in [0.15, 0.2) is 0 Å². The molecule has 2 aromatic rings. The lowest BCUT2D eigenvalue weighted by atomic mass is 10.2. The minimum absolute atomic E-state index is 0.392. The lowest BCUT2D eigenvalue weighted by molar-refractivity contribution is 0.0607. The van der Waals surface area contributed by atoms with Crippen molar-refractivity contribution in [3.63, 3.8) is 0 Å². The van der Waals surface area contributed by atoms with Crippen molar-refractivity contribution in [2.75, 3.05) is 31.0 Å². The number of carbonyl (C=O) groups excluding carboxylic acids is 1. The van der Waals surface area contributed by atoms with Crippen LogP contribution >= 0.6 is 23.1 Å². The summed E-state index contributed by atoms with van der Waals surface area (Å²) in [4.78, 5) is 19.2. The molecule has 2 N–H and O–H groups in total. The van der Waals surface area contributed by atoms with Crippen LogP contribution in [0, 0.1) is 0 Å². The normalized spacial score (nSPS) is 10.4. The first kappa shape index (κ1) is 15.7. The summed E-state index contributed by atoms with van der Waals surface area (Å²) in [7, 11) is 3.34. The maximum Gasteiger partial charge on any atom is 0.350 e. The first-order chi connectivity index (χ1) is 10.1. The number of nitrogen functional groups attached to an aromatic ring is 1. The zero-order chi connectivity index (χ0) is 15.4. The number of esters is 1. The average molecular weight is 323 g/mol. The average Bonchev–Trinajstić information content (AvgIpc) is 2.84. The molecule has 5 nitrogen and oxygen atoms in total. The standard InChI is InChI=1S/C14H17N3O2S2/c1-17(8-9-4-6-16-7-5-9)13-11(20-3)10(15)12(21-13)14(18)19-2/h4-7H,8,15H2,1-3H3. The van der Waals surface area contributed by atoms with Gasteiger partial charge in [0.2, 0.25) is 0 Å². The van der Waals surface area contributed by atoms with Gasteiger partial charge in [0.1, 0.15) is 9.88 Å². The van der Waals surface area contributed by atoms with Crippen molar-refractivity contribution in [2.24, 2.45) is 0 Å². The van der Waals surface area contributed by atoms with Gasteiger partial charge in [-0.2, -0.15) is 0 Å². The highest BCUT2D eigenvalue weighted by atomic mass is 32.2. The van der Waals surface area contributed by atoms with Crippen LogP contribution in [0.15, 0.2) is 29.4 Å². The lowest BCUT2D eigenvalue weighted by Gasteiger charge is -2.18. The van der Waals surface area contributed by atoms with Crippen molar-refractivity contribution in [1.82, 2.24) is 4.98 Å². The lowest BCUT2D eigenvalue weighted by Crippen LogP contribution is -2.15. The smallest absolute Gasteiger partial charge is 0.350 e. The fraction of sp³-hybridized carbons (Fsp3) is 0.286. The largest absolute Gasteiger partial charge is 0.465 e. The summed E-state index contributed by atoms with van der Waals surface area (Å²) in [6, 6.07) is 3.93. The summed E-state index contributed by atoms with van der Waals surface area (Å²) in [5, 5.41) is 0.970. The molecular weight excluding hydrogens is 306 g/mol. The molecule has 0 saturated heterocycles. The van der Waals surface area contributed by atoms with Gasteiger partial charge < -0.3 is 15.4 Å². The Kier molecular flexibility index (Phi) is 5.08. The molecule has 0 aliphatic heterocycles. The Labute approximate surface area is 132 Å². The molecule has 2 aromatic heterocycles. The van der Waals surface area contributed by atoms with E-state index in [1.807, 2.05) is 25.4 Å². The van der Waals surface area contributed by atoms with Crippen LogP contribution in [0.5, 0.6) is 0 Å². The summed E-state index contributed by atoms with van der Waals surface area (Å²) in [6.45, 7) is 0.719. The number of methoxy groups -OCH3 is 1. The molecule has 0 radical (unpaired) electrons. The summed E-state index contributed by atoms with van der Waals surface area (Å²) in [5.41, 5.74) is 7.72. The molecule has 2 heterocycles. The number of nitrogens with zero attached hydrogens (tertiary/aromatic N) is 2. The number of pyridine rings is 1. The number of carbonyl (C=O) groups is 1. The van der Waals surface area contributed by atoms with Crippen molar-refractivity contribution in [3.8, 4) is 0 Å². The van der Waals surface area contributed by atoms with E-state index in [4.69, 9.17) is 10.5 Å². The third-order valence-corrected chi connectivity index (χ3v) is 5.22. The van der Waals surface area contributed by atoms with Gasteiger partial charge in [-0.1, -0.05) is 0 Å². The summed E-state index contributed by atoms with van der Waals surface area (Å²) in [5.74, 6) is -0.392.